The van der Waals surface area contributed by atoms with Crippen LogP contribution in [-0.4, -0.2) is 42.4 Å². The number of hydrogen-bond donors (Lipinski definition) is 1. The van der Waals surface area contributed by atoms with Gasteiger partial charge in [0, 0.05) is 12.7 Å². The van der Waals surface area contributed by atoms with Gasteiger partial charge in [-0.15, -0.1) is 0 Å². The first kappa shape index (κ1) is 16.9. The lowest BCUT2D eigenvalue weighted by Gasteiger charge is -2.24. The number of likely N-dealkylation sites (N-methyl/N-ethyl adjacent to an activating group) is 1. The quantitative estimate of drug-likeness (QED) is 0.868. The van der Waals surface area contributed by atoms with E-state index < -0.39 is 30.5 Å². The molecular weight excluding hydrogens is 299 g/mol. The Hall–Kier alpha value is -2.19. The molecule has 1 aromatic rings. The molecule has 0 bridgehead atoms. The fourth-order valence-electron chi connectivity index (χ4n) is 1.37. The van der Waals surface area contributed by atoms with Gasteiger partial charge in [-0.25, -0.2) is 0 Å². The Morgan fingerprint density at radius 2 is 1.62 bits per heavy atom. The highest BCUT2D eigenvalue weighted by Gasteiger charge is 2.64. The molecule has 0 heterocycles. The summed E-state index contributed by atoms with van der Waals surface area (Å²) in [7, 11) is 0.687. The van der Waals surface area contributed by atoms with E-state index in [4.69, 9.17) is 0 Å². The first-order chi connectivity index (χ1) is 9.55. The van der Waals surface area contributed by atoms with Crippen molar-refractivity contribution in [2.75, 3.05) is 18.9 Å². The zero-order valence-corrected chi connectivity index (χ0v) is 10.7. The summed E-state index contributed by atoms with van der Waals surface area (Å²) in [5.74, 6) is -8.91. The highest BCUT2D eigenvalue weighted by atomic mass is 19.4. The summed E-state index contributed by atoms with van der Waals surface area (Å²) in [5.41, 5.74) is 0.325. The van der Waals surface area contributed by atoms with E-state index in [9.17, 15) is 31.5 Å². The van der Waals surface area contributed by atoms with Gasteiger partial charge in [0.1, 0.15) is 0 Å². The molecule has 1 aromatic carbocycles. The van der Waals surface area contributed by atoms with Gasteiger partial charge in [-0.1, -0.05) is 18.2 Å². The number of rotatable bonds is 4. The van der Waals surface area contributed by atoms with Crippen LogP contribution in [0.2, 0.25) is 0 Å². The number of alkyl halides is 5. The number of benzene rings is 1. The first-order valence-electron chi connectivity index (χ1n) is 5.60. The number of nitrogens with one attached hydrogen (secondary N) is 1. The second kappa shape index (κ2) is 6.06. The number of hydrogen-bond acceptors (Lipinski definition) is 2. The van der Waals surface area contributed by atoms with Crippen molar-refractivity contribution in [3.8, 4) is 0 Å². The molecule has 0 aliphatic carbocycles. The zero-order chi connectivity index (χ0) is 16.3. The minimum Gasteiger partial charge on any atom is -0.331 e. The Morgan fingerprint density at radius 1 is 1.10 bits per heavy atom. The molecule has 1 rings (SSSR count). The number of carbonyl (C=O) groups is 2. The number of para-hydroxylation sites is 1. The molecule has 0 aliphatic heterocycles. The standard InChI is InChI=1S/C12H11F5N2O2/c1-19(10(21)11(13,14)12(15,16)17)7-9(20)18-8-5-3-2-4-6-8/h2-6H,7H2,1H3,(H,18,20). The van der Waals surface area contributed by atoms with Gasteiger partial charge in [-0.3, -0.25) is 9.59 Å². The normalized spacial score (nSPS) is 11.9. The van der Waals surface area contributed by atoms with E-state index in [0.29, 0.717) is 12.7 Å². The molecule has 0 radical (unpaired) electrons. The van der Waals surface area contributed by atoms with Crippen molar-refractivity contribution in [3.05, 3.63) is 30.3 Å². The van der Waals surface area contributed by atoms with Crippen LogP contribution in [0, 0.1) is 0 Å². The average molecular weight is 310 g/mol. The largest absolute Gasteiger partial charge is 0.463 e. The lowest BCUT2D eigenvalue weighted by atomic mass is 10.2. The van der Waals surface area contributed by atoms with Crippen molar-refractivity contribution in [1.29, 1.82) is 0 Å². The van der Waals surface area contributed by atoms with E-state index in [1.807, 2.05) is 0 Å². The topological polar surface area (TPSA) is 49.4 Å². The van der Waals surface area contributed by atoms with Crippen LogP contribution in [-0.2, 0) is 9.59 Å². The van der Waals surface area contributed by atoms with Crippen LogP contribution in [0.3, 0.4) is 0 Å². The Bertz CT molecular complexity index is 516. The van der Waals surface area contributed by atoms with Gasteiger partial charge in [-0.05, 0) is 12.1 Å². The minimum atomic E-state index is -6.01. The third-order valence-corrected chi connectivity index (χ3v) is 2.41. The SMILES string of the molecule is CN(CC(=O)Nc1ccccc1)C(=O)C(F)(F)C(F)(F)F. The smallest absolute Gasteiger partial charge is 0.331 e. The molecule has 4 nitrogen and oxygen atoms in total. The molecule has 0 unspecified atom stereocenters. The van der Waals surface area contributed by atoms with E-state index in [2.05, 4.69) is 5.32 Å². The summed E-state index contributed by atoms with van der Waals surface area (Å²) < 4.78 is 61.7. The van der Waals surface area contributed by atoms with Crippen LogP contribution in [0.25, 0.3) is 0 Å². The molecule has 116 valence electrons. The zero-order valence-electron chi connectivity index (χ0n) is 10.7. The number of nitrogens with zero attached hydrogens (tertiary/aromatic N) is 1. The van der Waals surface area contributed by atoms with Crippen molar-refractivity contribution in [3.63, 3.8) is 0 Å². The average Bonchev–Trinajstić information content (AvgIpc) is 2.37. The number of anilines is 1. The van der Waals surface area contributed by atoms with E-state index in [0.717, 1.165) is 0 Å². The van der Waals surface area contributed by atoms with Gasteiger partial charge in [0.05, 0.1) is 6.54 Å². The third-order valence-electron chi connectivity index (χ3n) is 2.41. The minimum absolute atomic E-state index is 0.0196. The molecule has 0 atom stereocenters. The van der Waals surface area contributed by atoms with Gasteiger partial charge in [-0.2, -0.15) is 22.0 Å². The van der Waals surface area contributed by atoms with Gasteiger partial charge in [0.15, 0.2) is 0 Å². The number of carbonyl (C=O) groups excluding carboxylic acids is 2. The number of amides is 2. The molecule has 0 aromatic heterocycles. The number of halogens is 5. The van der Waals surface area contributed by atoms with Crippen LogP contribution in [0.15, 0.2) is 30.3 Å². The van der Waals surface area contributed by atoms with E-state index in [1.54, 1.807) is 18.2 Å². The fraction of sp³-hybridized carbons (Fsp3) is 0.333. The molecular formula is C12H11F5N2O2. The van der Waals surface area contributed by atoms with Crippen LogP contribution in [0.4, 0.5) is 27.6 Å². The summed E-state index contributed by atoms with van der Waals surface area (Å²) >= 11 is 0. The molecule has 2 amide bonds. The van der Waals surface area contributed by atoms with Gasteiger partial charge >= 0.3 is 18.0 Å². The molecule has 0 aliphatic rings. The van der Waals surface area contributed by atoms with Crippen molar-refractivity contribution in [2.45, 2.75) is 12.1 Å². The Kier molecular flexibility index (Phi) is 4.87. The second-order valence-electron chi connectivity index (χ2n) is 4.15. The van der Waals surface area contributed by atoms with Crippen LogP contribution in [0.1, 0.15) is 0 Å². The van der Waals surface area contributed by atoms with Crippen LogP contribution in [0.5, 0.6) is 0 Å². The maximum absolute atomic E-state index is 12.8. The van der Waals surface area contributed by atoms with Gasteiger partial charge in [0.25, 0.3) is 0 Å². The molecule has 0 spiro atoms. The Morgan fingerprint density at radius 3 is 2.10 bits per heavy atom. The molecule has 21 heavy (non-hydrogen) atoms. The third kappa shape index (κ3) is 4.14. The molecule has 1 N–H and O–H groups in total. The van der Waals surface area contributed by atoms with Crippen LogP contribution >= 0.6 is 0 Å². The maximum Gasteiger partial charge on any atom is 0.463 e. The van der Waals surface area contributed by atoms with Gasteiger partial charge in [0.2, 0.25) is 5.91 Å². The summed E-state index contributed by atoms with van der Waals surface area (Å²) in [6, 6.07) is 7.81. The van der Waals surface area contributed by atoms with Crippen molar-refractivity contribution in [1.82, 2.24) is 4.90 Å². The predicted octanol–water partition coefficient (Wildman–Crippen LogP) is 2.28. The summed E-state index contributed by atoms with van der Waals surface area (Å²) in [4.78, 5) is 22.6. The van der Waals surface area contributed by atoms with E-state index >= 15 is 0 Å². The summed E-state index contributed by atoms with van der Waals surface area (Å²) in [6.07, 6.45) is -6.01. The summed E-state index contributed by atoms with van der Waals surface area (Å²) in [6.45, 7) is -0.931. The van der Waals surface area contributed by atoms with Crippen LogP contribution < -0.4 is 5.32 Å². The lowest BCUT2D eigenvalue weighted by Crippen LogP contribution is -2.52. The summed E-state index contributed by atoms with van der Waals surface area (Å²) in [5, 5.41) is 2.26. The Labute approximate surface area is 116 Å². The lowest BCUT2D eigenvalue weighted by molar-refractivity contribution is -0.273. The highest BCUT2D eigenvalue weighted by molar-refractivity contribution is 5.95. The van der Waals surface area contributed by atoms with Crippen molar-refractivity contribution >= 4 is 17.5 Å². The molecule has 0 fully saturated rings. The van der Waals surface area contributed by atoms with Crippen molar-refractivity contribution < 1.29 is 31.5 Å². The van der Waals surface area contributed by atoms with Crippen molar-refractivity contribution in [2.24, 2.45) is 0 Å². The first-order valence-corrected chi connectivity index (χ1v) is 5.60. The molecule has 0 saturated heterocycles. The molecule has 9 heteroatoms. The second-order valence-corrected chi connectivity index (χ2v) is 4.15. The monoisotopic (exact) mass is 310 g/mol. The predicted molar refractivity (Wildman–Crippen MR) is 63.7 cm³/mol. The van der Waals surface area contributed by atoms with Gasteiger partial charge < -0.3 is 10.2 Å². The fourth-order valence-corrected chi connectivity index (χ4v) is 1.37. The maximum atomic E-state index is 12.8. The highest BCUT2D eigenvalue weighted by Crippen LogP contribution is 2.36. The van der Waals surface area contributed by atoms with E-state index in [1.165, 1.54) is 12.1 Å². The molecule has 0 saturated carbocycles. The Balaban J connectivity index is 2.66. The van der Waals surface area contributed by atoms with E-state index in [-0.39, 0.29) is 4.90 Å².